The molecule has 0 saturated heterocycles. The Hall–Kier alpha value is -0.743. The molecule has 1 nitrogen and oxygen atoms in total. The first kappa shape index (κ1) is 12.3. The fourth-order valence-electron chi connectivity index (χ4n) is 1.19. The van der Waals surface area contributed by atoms with Crippen LogP contribution in [0.2, 0.25) is 0 Å². The van der Waals surface area contributed by atoms with Crippen molar-refractivity contribution >= 4 is 10.5 Å². The fourth-order valence-corrected chi connectivity index (χ4v) is 1.29. The Morgan fingerprint density at radius 3 is 2.47 bits per heavy atom. The van der Waals surface area contributed by atoms with Gasteiger partial charge in [-0.2, -0.15) is 0 Å². The zero-order chi connectivity index (χ0) is 11.5. The minimum atomic E-state index is -0.811. The van der Waals surface area contributed by atoms with Crippen LogP contribution >= 0.6 is 0 Å². The van der Waals surface area contributed by atoms with Crippen LogP contribution in [-0.4, -0.2) is 16.1 Å². The molecule has 1 aromatic carbocycles. The molecule has 15 heavy (non-hydrogen) atoms. The SMILES string of the molecule is CC(C)(CCc1ccc(F)c(F)c1)O[Si]. The number of halogens is 2. The van der Waals surface area contributed by atoms with Crippen molar-refractivity contribution in [2.75, 3.05) is 0 Å². The highest BCUT2D eigenvalue weighted by Crippen LogP contribution is 2.17. The molecule has 0 aliphatic heterocycles. The lowest BCUT2D eigenvalue weighted by molar-refractivity contribution is 0.113. The van der Waals surface area contributed by atoms with Gasteiger partial charge in [0.2, 0.25) is 10.5 Å². The second kappa shape index (κ2) is 4.85. The highest BCUT2D eigenvalue weighted by atomic mass is 28.2. The normalized spacial score (nSPS) is 11.8. The van der Waals surface area contributed by atoms with Crippen LogP contribution in [0.5, 0.6) is 0 Å². The lowest BCUT2D eigenvalue weighted by Gasteiger charge is -2.23. The Morgan fingerprint density at radius 1 is 1.27 bits per heavy atom. The summed E-state index contributed by atoms with van der Waals surface area (Å²) in [6.07, 6.45) is 1.37. The van der Waals surface area contributed by atoms with E-state index in [0.29, 0.717) is 6.42 Å². The van der Waals surface area contributed by atoms with Crippen molar-refractivity contribution in [3.8, 4) is 0 Å². The van der Waals surface area contributed by atoms with Crippen LogP contribution in [0.1, 0.15) is 25.8 Å². The molecule has 4 heteroatoms. The molecule has 0 aliphatic carbocycles. The van der Waals surface area contributed by atoms with Gasteiger partial charge in [-0.3, -0.25) is 0 Å². The first-order valence-electron chi connectivity index (χ1n) is 4.73. The fraction of sp³-hybridized carbons (Fsp3) is 0.455. The van der Waals surface area contributed by atoms with Crippen LogP contribution in [0.4, 0.5) is 8.78 Å². The molecule has 0 saturated carbocycles. The molecule has 3 radical (unpaired) electrons. The number of hydrogen-bond acceptors (Lipinski definition) is 1. The van der Waals surface area contributed by atoms with Gasteiger partial charge in [0, 0.05) is 0 Å². The summed E-state index contributed by atoms with van der Waals surface area (Å²) >= 11 is 0. The summed E-state index contributed by atoms with van der Waals surface area (Å²) in [6, 6.07) is 3.95. The Morgan fingerprint density at radius 2 is 1.93 bits per heavy atom. The predicted molar refractivity (Wildman–Crippen MR) is 55.6 cm³/mol. The number of rotatable bonds is 4. The van der Waals surface area contributed by atoms with Gasteiger partial charge in [0.15, 0.2) is 11.6 Å². The summed E-state index contributed by atoms with van der Waals surface area (Å²) in [5, 5.41) is 0. The van der Waals surface area contributed by atoms with Gasteiger partial charge < -0.3 is 4.43 Å². The van der Waals surface area contributed by atoms with Crippen LogP contribution in [0.15, 0.2) is 18.2 Å². The van der Waals surface area contributed by atoms with Crippen molar-refractivity contribution in [3.05, 3.63) is 35.4 Å². The van der Waals surface area contributed by atoms with Gasteiger partial charge in [0.1, 0.15) is 0 Å². The lowest BCUT2D eigenvalue weighted by Crippen LogP contribution is -2.23. The Kier molecular flexibility index (Phi) is 3.99. The molecule has 0 bridgehead atoms. The summed E-state index contributed by atoms with van der Waals surface area (Å²) in [5.41, 5.74) is 0.451. The maximum absolute atomic E-state index is 12.9. The van der Waals surface area contributed by atoms with Gasteiger partial charge in [0.25, 0.3) is 0 Å². The second-order valence-electron chi connectivity index (χ2n) is 4.11. The van der Waals surface area contributed by atoms with Gasteiger partial charge in [-0.15, -0.1) is 0 Å². The molecule has 0 heterocycles. The van der Waals surface area contributed by atoms with Crippen LogP contribution in [0.25, 0.3) is 0 Å². The summed E-state index contributed by atoms with van der Waals surface area (Å²) < 4.78 is 30.5. The molecule has 0 aliphatic rings. The van der Waals surface area contributed by atoms with Crippen molar-refractivity contribution < 1.29 is 13.2 Å². The quantitative estimate of drug-likeness (QED) is 0.719. The molecule has 1 aromatic rings. The third-order valence-electron chi connectivity index (χ3n) is 2.28. The Bertz CT molecular complexity index is 339. The van der Waals surface area contributed by atoms with E-state index in [9.17, 15) is 8.78 Å². The molecule has 0 aromatic heterocycles. The van der Waals surface area contributed by atoms with Crippen LogP contribution in [0.3, 0.4) is 0 Å². The summed E-state index contributed by atoms with van der Waals surface area (Å²) in [7, 11) is 2.98. The van der Waals surface area contributed by atoms with Crippen LogP contribution in [-0.2, 0) is 10.8 Å². The third kappa shape index (κ3) is 3.72. The molecule has 0 N–H and O–H groups in total. The highest BCUT2D eigenvalue weighted by Gasteiger charge is 2.15. The van der Waals surface area contributed by atoms with E-state index in [-0.39, 0.29) is 5.60 Å². The van der Waals surface area contributed by atoms with Gasteiger partial charge in [-0.25, -0.2) is 8.78 Å². The molecule has 1 rings (SSSR count). The number of hydrogen-bond donors (Lipinski definition) is 0. The minimum Gasteiger partial charge on any atom is -0.414 e. The average Bonchev–Trinajstić information content (AvgIpc) is 2.20. The van der Waals surface area contributed by atoms with Crippen molar-refractivity contribution in [1.82, 2.24) is 0 Å². The maximum Gasteiger partial charge on any atom is 0.246 e. The molecule has 81 valence electrons. The van der Waals surface area contributed by atoms with Gasteiger partial charge in [0.05, 0.1) is 5.60 Å². The van der Waals surface area contributed by atoms with E-state index in [2.05, 4.69) is 10.5 Å². The molecule has 0 unspecified atom stereocenters. The average molecular weight is 227 g/mol. The van der Waals surface area contributed by atoms with E-state index in [4.69, 9.17) is 4.43 Å². The second-order valence-corrected chi connectivity index (χ2v) is 4.31. The number of benzene rings is 1. The standard InChI is InChI=1S/C11H13F2OSi/c1-11(2,14-15)6-5-8-3-4-9(12)10(13)7-8/h3-4,7H,5-6H2,1-2H3. The smallest absolute Gasteiger partial charge is 0.246 e. The zero-order valence-electron chi connectivity index (χ0n) is 8.81. The lowest BCUT2D eigenvalue weighted by atomic mass is 9.99. The molecule has 0 amide bonds. The maximum atomic E-state index is 12.9. The summed E-state index contributed by atoms with van der Waals surface area (Å²) in [4.78, 5) is 0. The summed E-state index contributed by atoms with van der Waals surface area (Å²) in [6.45, 7) is 3.83. The largest absolute Gasteiger partial charge is 0.414 e. The first-order chi connectivity index (χ1) is 6.94. The molecule has 0 atom stereocenters. The monoisotopic (exact) mass is 227 g/mol. The van der Waals surface area contributed by atoms with Gasteiger partial charge in [-0.1, -0.05) is 6.07 Å². The summed E-state index contributed by atoms with van der Waals surface area (Å²) in [5.74, 6) is -1.61. The topological polar surface area (TPSA) is 9.23 Å². The van der Waals surface area contributed by atoms with E-state index < -0.39 is 11.6 Å². The van der Waals surface area contributed by atoms with E-state index in [1.807, 2.05) is 13.8 Å². The van der Waals surface area contributed by atoms with Crippen molar-refractivity contribution in [2.24, 2.45) is 0 Å². The van der Waals surface area contributed by atoms with Crippen LogP contribution in [0, 0.1) is 11.6 Å². The first-order valence-corrected chi connectivity index (χ1v) is 5.14. The third-order valence-corrected chi connectivity index (χ3v) is 2.83. The van der Waals surface area contributed by atoms with Crippen molar-refractivity contribution in [3.63, 3.8) is 0 Å². The van der Waals surface area contributed by atoms with Gasteiger partial charge >= 0.3 is 0 Å². The van der Waals surface area contributed by atoms with E-state index in [0.717, 1.165) is 18.1 Å². The van der Waals surface area contributed by atoms with E-state index >= 15 is 0 Å². The molecule has 0 fully saturated rings. The van der Waals surface area contributed by atoms with Crippen LogP contribution < -0.4 is 0 Å². The van der Waals surface area contributed by atoms with Crippen molar-refractivity contribution in [1.29, 1.82) is 0 Å². The minimum absolute atomic E-state index is 0.318. The van der Waals surface area contributed by atoms with Gasteiger partial charge in [-0.05, 0) is 44.4 Å². The predicted octanol–water partition coefficient (Wildman–Crippen LogP) is 2.78. The highest BCUT2D eigenvalue weighted by molar-refractivity contribution is 5.98. The zero-order valence-corrected chi connectivity index (χ0v) is 9.81. The van der Waals surface area contributed by atoms with E-state index in [1.54, 1.807) is 6.07 Å². The number of aryl methyl sites for hydroxylation is 1. The Balaban J connectivity index is 2.62. The Labute approximate surface area is 92.0 Å². The van der Waals surface area contributed by atoms with Crippen molar-refractivity contribution in [2.45, 2.75) is 32.3 Å². The van der Waals surface area contributed by atoms with E-state index in [1.165, 1.54) is 6.07 Å². The molecular formula is C11H13F2OSi. The molecule has 0 spiro atoms. The molecular weight excluding hydrogens is 214 g/mol.